The Kier molecular flexibility index (Phi) is 4.25. The Labute approximate surface area is 123 Å². The molecule has 0 amide bonds. The summed E-state index contributed by atoms with van der Waals surface area (Å²) in [6.45, 7) is 0. The van der Waals surface area contributed by atoms with E-state index in [4.69, 9.17) is 0 Å². The summed E-state index contributed by atoms with van der Waals surface area (Å²) < 4.78 is 39.6. The molecule has 0 aromatic heterocycles. The van der Waals surface area contributed by atoms with Gasteiger partial charge in [0.05, 0.1) is 5.92 Å². The van der Waals surface area contributed by atoms with Crippen molar-refractivity contribution >= 4 is 0 Å². The molecule has 0 saturated heterocycles. The van der Waals surface area contributed by atoms with Crippen molar-refractivity contribution in [2.24, 2.45) is 5.92 Å². The van der Waals surface area contributed by atoms with Gasteiger partial charge in [-0.25, -0.2) is 0 Å². The van der Waals surface area contributed by atoms with Gasteiger partial charge < -0.3 is 5.32 Å². The molecule has 0 radical (unpaired) electrons. The Balaban J connectivity index is 1.77. The monoisotopic (exact) mass is 297 g/mol. The third-order valence-corrected chi connectivity index (χ3v) is 4.97. The molecule has 0 spiro atoms. The number of benzene rings is 1. The van der Waals surface area contributed by atoms with E-state index in [2.05, 4.69) is 17.4 Å². The minimum atomic E-state index is -4.08. The topological polar surface area (TPSA) is 12.0 Å². The lowest BCUT2D eigenvalue weighted by atomic mass is 9.81. The van der Waals surface area contributed by atoms with Crippen LogP contribution < -0.4 is 5.32 Å². The van der Waals surface area contributed by atoms with Gasteiger partial charge in [-0.15, -0.1) is 0 Å². The highest BCUT2D eigenvalue weighted by Gasteiger charge is 2.46. The van der Waals surface area contributed by atoms with E-state index < -0.39 is 18.1 Å². The molecule has 1 N–H and O–H groups in total. The number of hydrogen-bond donors (Lipinski definition) is 1. The van der Waals surface area contributed by atoms with Crippen molar-refractivity contribution in [2.75, 3.05) is 0 Å². The summed E-state index contributed by atoms with van der Waals surface area (Å²) in [5, 5.41) is 3.35. The Hall–Kier alpha value is -1.03. The second kappa shape index (κ2) is 5.99. The average molecular weight is 297 g/mol. The third kappa shape index (κ3) is 3.25. The van der Waals surface area contributed by atoms with E-state index in [1.807, 2.05) is 12.1 Å². The Morgan fingerprint density at radius 1 is 0.952 bits per heavy atom. The van der Waals surface area contributed by atoms with Crippen LogP contribution in [0.15, 0.2) is 24.3 Å². The van der Waals surface area contributed by atoms with E-state index in [9.17, 15) is 13.2 Å². The van der Waals surface area contributed by atoms with Gasteiger partial charge in [0.15, 0.2) is 0 Å². The minimum Gasteiger partial charge on any atom is -0.307 e. The Morgan fingerprint density at radius 3 is 2.52 bits per heavy atom. The fraction of sp³-hybridized carbons (Fsp3) is 0.647. The molecule has 0 aliphatic heterocycles. The molecule has 1 fully saturated rings. The molecule has 1 nitrogen and oxygen atoms in total. The summed E-state index contributed by atoms with van der Waals surface area (Å²) in [7, 11) is 0. The molecule has 2 aliphatic rings. The van der Waals surface area contributed by atoms with Gasteiger partial charge in [-0.05, 0) is 43.2 Å². The SMILES string of the molecule is FC(F)(F)C1CCCCC1NC1CCCc2ccccc21. The molecule has 3 unspecified atom stereocenters. The molecular formula is C17H22F3N. The molecule has 1 aromatic rings. The molecular weight excluding hydrogens is 275 g/mol. The summed E-state index contributed by atoms with van der Waals surface area (Å²) in [6, 6.07) is 7.84. The largest absolute Gasteiger partial charge is 0.393 e. The van der Waals surface area contributed by atoms with E-state index in [0.717, 1.165) is 25.7 Å². The second-order valence-electron chi connectivity index (χ2n) is 6.35. The maximum Gasteiger partial charge on any atom is 0.393 e. The molecule has 2 aliphatic carbocycles. The number of hydrogen-bond acceptors (Lipinski definition) is 1. The molecule has 3 rings (SSSR count). The summed E-state index contributed by atoms with van der Waals surface area (Å²) in [4.78, 5) is 0. The fourth-order valence-corrected chi connectivity index (χ4v) is 3.91. The molecule has 0 bridgehead atoms. The number of aryl methyl sites for hydroxylation is 1. The number of halogens is 3. The van der Waals surface area contributed by atoms with Crippen LogP contribution in [0.1, 0.15) is 55.7 Å². The number of nitrogens with one attached hydrogen (secondary N) is 1. The number of rotatable bonds is 2. The normalized spacial score (nSPS) is 30.0. The zero-order chi connectivity index (χ0) is 14.9. The van der Waals surface area contributed by atoms with Crippen LogP contribution in [0.5, 0.6) is 0 Å². The van der Waals surface area contributed by atoms with Gasteiger partial charge in [-0.2, -0.15) is 13.2 Å². The first-order chi connectivity index (χ1) is 10.1. The standard InChI is InChI=1S/C17H22F3N/c18-17(19,20)14-9-3-4-10-16(14)21-15-11-5-7-12-6-1-2-8-13(12)15/h1-2,6,8,14-16,21H,3-5,7,9-11H2. The lowest BCUT2D eigenvalue weighted by Crippen LogP contribution is -2.47. The summed E-state index contributed by atoms with van der Waals surface area (Å²) in [5.74, 6) is -1.18. The van der Waals surface area contributed by atoms with Crippen molar-refractivity contribution in [1.29, 1.82) is 0 Å². The van der Waals surface area contributed by atoms with Gasteiger partial charge in [0.25, 0.3) is 0 Å². The highest BCUT2D eigenvalue weighted by Crippen LogP contribution is 2.40. The van der Waals surface area contributed by atoms with Crippen molar-refractivity contribution in [2.45, 2.75) is 63.2 Å². The van der Waals surface area contributed by atoms with Gasteiger partial charge in [-0.3, -0.25) is 0 Å². The van der Waals surface area contributed by atoms with Crippen LogP contribution in [0.4, 0.5) is 13.2 Å². The molecule has 4 heteroatoms. The van der Waals surface area contributed by atoms with Gasteiger partial charge in [0.2, 0.25) is 0 Å². The maximum atomic E-state index is 13.2. The zero-order valence-corrected chi connectivity index (χ0v) is 12.1. The summed E-state index contributed by atoms with van der Waals surface area (Å²) in [6.07, 6.45) is 1.48. The van der Waals surface area contributed by atoms with Crippen LogP contribution in [0, 0.1) is 5.92 Å². The Morgan fingerprint density at radius 2 is 1.71 bits per heavy atom. The van der Waals surface area contributed by atoms with Crippen molar-refractivity contribution in [3.8, 4) is 0 Å². The summed E-state index contributed by atoms with van der Waals surface area (Å²) >= 11 is 0. The predicted octanol–water partition coefficient (Wildman–Crippen LogP) is 4.77. The fourth-order valence-electron chi connectivity index (χ4n) is 3.91. The van der Waals surface area contributed by atoms with Gasteiger partial charge >= 0.3 is 6.18 Å². The van der Waals surface area contributed by atoms with Crippen LogP contribution in [-0.2, 0) is 6.42 Å². The molecule has 1 saturated carbocycles. The van der Waals surface area contributed by atoms with Crippen LogP contribution >= 0.6 is 0 Å². The summed E-state index contributed by atoms with van der Waals surface area (Å²) in [5.41, 5.74) is 2.50. The highest BCUT2D eigenvalue weighted by atomic mass is 19.4. The lowest BCUT2D eigenvalue weighted by Gasteiger charge is -2.38. The van der Waals surface area contributed by atoms with Crippen molar-refractivity contribution < 1.29 is 13.2 Å². The maximum absolute atomic E-state index is 13.2. The molecule has 116 valence electrons. The predicted molar refractivity (Wildman–Crippen MR) is 77.1 cm³/mol. The molecule has 0 heterocycles. The molecule has 21 heavy (non-hydrogen) atoms. The minimum absolute atomic E-state index is 0.0860. The van der Waals surface area contributed by atoms with Crippen LogP contribution in [0.3, 0.4) is 0 Å². The number of alkyl halides is 3. The molecule has 1 aromatic carbocycles. The second-order valence-corrected chi connectivity index (χ2v) is 6.35. The van der Waals surface area contributed by atoms with Crippen molar-refractivity contribution in [3.63, 3.8) is 0 Å². The first kappa shape index (κ1) is 14.9. The third-order valence-electron chi connectivity index (χ3n) is 4.97. The van der Waals surface area contributed by atoms with Gasteiger partial charge in [0, 0.05) is 12.1 Å². The molecule has 3 atom stereocenters. The first-order valence-electron chi connectivity index (χ1n) is 7.96. The van der Waals surface area contributed by atoms with E-state index in [-0.39, 0.29) is 12.5 Å². The van der Waals surface area contributed by atoms with Crippen molar-refractivity contribution in [1.82, 2.24) is 5.32 Å². The van der Waals surface area contributed by atoms with E-state index in [0.29, 0.717) is 12.8 Å². The van der Waals surface area contributed by atoms with Crippen LogP contribution in [-0.4, -0.2) is 12.2 Å². The highest BCUT2D eigenvalue weighted by molar-refractivity contribution is 5.32. The van der Waals surface area contributed by atoms with E-state index in [1.54, 1.807) is 0 Å². The zero-order valence-electron chi connectivity index (χ0n) is 12.1. The van der Waals surface area contributed by atoms with Crippen LogP contribution in [0.2, 0.25) is 0 Å². The first-order valence-corrected chi connectivity index (χ1v) is 7.96. The quantitative estimate of drug-likeness (QED) is 0.828. The van der Waals surface area contributed by atoms with Crippen LogP contribution in [0.25, 0.3) is 0 Å². The smallest absolute Gasteiger partial charge is 0.307 e. The lowest BCUT2D eigenvalue weighted by molar-refractivity contribution is -0.189. The van der Waals surface area contributed by atoms with Gasteiger partial charge in [-0.1, -0.05) is 37.1 Å². The Bertz CT molecular complexity index is 483. The average Bonchev–Trinajstić information content (AvgIpc) is 2.47. The van der Waals surface area contributed by atoms with Crippen molar-refractivity contribution in [3.05, 3.63) is 35.4 Å². The van der Waals surface area contributed by atoms with Gasteiger partial charge in [0.1, 0.15) is 0 Å². The number of fused-ring (bicyclic) bond motifs is 1. The van der Waals surface area contributed by atoms with E-state index in [1.165, 1.54) is 11.1 Å². The van der Waals surface area contributed by atoms with E-state index >= 15 is 0 Å².